The summed E-state index contributed by atoms with van der Waals surface area (Å²) in [6, 6.07) is 15.1. The molecule has 3 nitrogen and oxygen atoms in total. The molecule has 0 aliphatic carbocycles. The van der Waals surface area contributed by atoms with Gasteiger partial charge in [-0.1, -0.05) is 63.2 Å². The summed E-state index contributed by atoms with van der Waals surface area (Å²) in [4.78, 5) is 12.2. The maximum absolute atomic E-state index is 13.4. The van der Waals surface area contributed by atoms with Crippen molar-refractivity contribution in [1.29, 1.82) is 0 Å². The molecule has 0 radical (unpaired) electrons. The van der Waals surface area contributed by atoms with Gasteiger partial charge in [-0.25, -0.2) is 9.18 Å². The number of allylic oxidation sites excluding steroid dienone is 1. The zero-order valence-electron chi connectivity index (χ0n) is 19.2. The van der Waals surface area contributed by atoms with Gasteiger partial charge < -0.3 is 9.47 Å². The highest BCUT2D eigenvalue weighted by Crippen LogP contribution is 2.40. The highest BCUT2D eigenvalue weighted by atomic mass is 19.1. The van der Waals surface area contributed by atoms with E-state index < -0.39 is 0 Å². The summed E-state index contributed by atoms with van der Waals surface area (Å²) in [6.45, 7) is 11.0. The van der Waals surface area contributed by atoms with Crippen LogP contribution in [0, 0.1) is 17.7 Å². The van der Waals surface area contributed by atoms with E-state index in [0.29, 0.717) is 12.2 Å². The molecule has 2 aromatic rings. The number of rotatable bonds is 6. The molecule has 1 heterocycles. The van der Waals surface area contributed by atoms with Crippen LogP contribution in [0.5, 0.6) is 0 Å². The molecule has 0 N–H and O–H groups in total. The maximum Gasteiger partial charge on any atom is 0.333 e. The largest absolute Gasteiger partial charge is 0.462 e. The van der Waals surface area contributed by atoms with E-state index in [1.807, 2.05) is 6.92 Å². The summed E-state index contributed by atoms with van der Waals surface area (Å²) in [7, 11) is 0. The lowest BCUT2D eigenvalue weighted by Gasteiger charge is -2.24. The van der Waals surface area contributed by atoms with Gasteiger partial charge in [-0.15, -0.1) is 0 Å². The van der Waals surface area contributed by atoms with E-state index in [2.05, 4.69) is 45.0 Å². The van der Waals surface area contributed by atoms with Gasteiger partial charge in [0.2, 0.25) is 0 Å². The molecule has 0 spiro atoms. The van der Waals surface area contributed by atoms with Crippen LogP contribution in [0.15, 0.2) is 60.2 Å². The number of hydrogen-bond donors (Lipinski definition) is 0. The average Bonchev–Trinajstić information content (AvgIpc) is 3.14. The Morgan fingerprint density at radius 3 is 2.35 bits per heavy atom. The smallest absolute Gasteiger partial charge is 0.333 e. The van der Waals surface area contributed by atoms with Crippen LogP contribution in [-0.4, -0.2) is 19.2 Å². The third-order valence-corrected chi connectivity index (χ3v) is 6.16. The van der Waals surface area contributed by atoms with Gasteiger partial charge in [0.1, 0.15) is 5.82 Å². The lowest BCUT2D eigenvalue weighted by molar-refractivity contribution is -0.141. The molecule has 1 aliphatic heterocycles. The fourth-order valence-electron chi connectivity index (χ4n) is 4.00. The van der Waals surface area contributed by atoms with Crippen LogP contribution < -0.4 is 0 Å². The second-order valence-corrected chi connectivity index (χ2v) is 9.45. The monoisotopic (exact) mass is 424 g/mol. The number of ether oxygens (including phenoxy) is 2. The van der Waals surface area contributed by atoms with Crippen LogP contribution in [-0.2, 0) is 26.1 Å². The van der Waals surface area contributed by atoms with Gasteiger partial charge in [0.05, 0.1) is 19.3 Å². The molecule has 3 rings (SSSR count). The van der Waals surface area contributed by atoms with Gasteiger partial charge in [0.25, 0.3) is 0 Å². The summed E-state index contributed by atoms with van der Waals surface area (Å²) in [5, 5.41) is 0. The summed E-state index contributed by atoms with van der Waals surface area (Å²) in [5.41, 5.74) is 4.16. The predicted molar refractivity (Wildman–Crippen MR) is 121 cm³/mol. The predicted octanol–water partition coefficient (Wildman–Crippen LogP) is 6.18. The van der Waals surface area contributed by atoms with E-state index in [9.17, 15) is 9.18 Å². The highest BCUT2D eigenvalue weighted by molar-refractivity contribution is 5.87. The number of halogens is 1. The lowest BCUT2D eigenvalue weighted by Crippen LogP contribution is -2.24. The third-order valence-electron chi connectivity index (χ3n) is 6.16. The van der Waals surface area contributed by atoms with E-state index in [1.165, 1.54) is 23.3 Å². The Bertz CT molecular complexity index is 907. The molecule has 166 valence electrons. The topological polar surface area (TPSA) is 35.5 Å². The summed E-state index contributed by atoms with van der Waals surface area (Å²) < 4.78 is 25.2. The Hall–Kier alpha value is -2.46. The Kier molecular flexibility index (Phi) is 7.32. The van der Waals surface area contributed by atoms with Gasteiger partial charge in [0.15, 0.2) is 0 Å². The molecule has 0 amide bonds. The number of esters is 1. The van der Waals surface area contributed by atoms with Crippen molar-refractivity contribution in [2.75, 3.05) is 13.2 Å². The van der Waals surface area contributed by atoms with Crippen LogP contribution >= 0.6 is 0 Å². The fraction of sp³-hybridized carbons (Fsp3) is 0.444. The molecule has 3 atom stereocenters. The Balaban J connectivity index is 1.78. The second kappa shape index (κ2) is 9.78. The molecule has 4 heteroatoms. The van der Waals surface area contributed by atoms with Gasteiger partial charge in [-0.2, -0.15) is 0 Å². The quantitative estimate of drug-likeness (QED) is 0.410. The minimum absolute atomic E-state index is 0.00126. The molecular formula is C27H33FO3. The van der Waals surface area contributed by atoms with Gasteiger partial charge >= 0.3 is 5.97 Å². The van der Waals surface area contributed by atoms with Crippen molar-refractivity contribution in [1.82, 2.24) is 0 Å². The fourth-order valence-corrected chi connectivity index (χ4v) is 4.00. The molecule has 0 unspecified atom stereocenters. The number of carbonyl (C=O) groups is 1. The summed E-state index contributed by atoms with van der Waals surface area (Å²) in [6.07, 6.45) is 2.37. The van der Waals surface area contributed by atoms with Gasteiger partial charge in [-0.05, 0) is 60.4 Å². The first-order chi connectivity index (χ1) is 14.7. The summed E-state index contributed by atoms with van der Waals surface area (Å²) in [5.74, 6) is -0.375. The molecule has 0 aromatic heterocycles. The van der Waals surface area contributed by atoms with Gasteiger partial charge in [-0.3, -0.25) is 0 Å². The van der Waals surface area contributed by atoms with Crippen LogP contribution in [0.1, 0.15) is 57.4 Å². The van der Waals surface area contributed by atoms with Crippen molar-refractivity contribution < 1.29 is 18.7 Å². The van der Waals surface area contributed by atoms with Crippen LogP contribution in [0.3, 0.4) is 0 Å². The Labute approximate surface area is 185 Å². The first-order valence-electron chi connectivity index (χ1n) is 11.0. The lowest BCUT2D eigenvalue weighted by atomic mass is 9.82. The van der Waals surface area contributed by atoms with Crippen molar-refractivity contribution >= 4 is 5.97 Å². The van der Waals surface area contributed by atoms with E-state index in [0.717, 1.165) is 12.0 Å². The molecule has 31 heavy (non-hydrogen) atoms. The maximum atomic E-state index is 13.4. The van der Waals surface area contributed by atoms with Crippen molar-refractivity contribution in [3.05, 3.63) is 82.7 Å². The number of hydrogen-bond acceptors (Lipinski definition) is 3. The number of benzene rings is 2. The van der Waals surface area contributed by atoms with E-state index in [-0.39, 0.29) is 41.7 Å². The average molecular weight is 425 g/mol. The van der Waals surface area contributed by atoms with Crippen molar-refractivity contribution in [3.8, 4) is 0 Å². The Morgan fingerprint density at radius 1 is 1.13 bits per heavy atom. The molecule has 1 fully saturated rings. The first-order valence-corrected chi connectivity index (χ1v) is 11.0. The van der Waals surface area contributed by atoms with Crippen LogP contribution in [0.2, 0.25) is 0 Å². The normalized spacial score (nSPS) is 21.9. The molecule has 1 aliphatic rings. The van der Waals surface area contributed by atoms with Crippen LogP contribution in [0.4, 0.5) is 4.39 Å². The van der Waals surface area contributed by atoms with Crippen molar-refractivity contribution in [3.63, 3.8) is 0 Å². The minimum Gasteiger partial charge on any atom is -0.462 e. The molecule has 2 aromatic carbocycles. The summed E-state index contributed by atoms with van der Waals surface area (Å²) >= 11 is 0. The van der Waals surface area contributed by atoms with E-state index >= 15 is 0 Å². The van der Waals surface area contributed by atoms with Crippen molar-refractivity contribution in [2.24, 2.45) is 11.8 Å². The third kappa shape index (κ3) is 5.82. The second-order valence-electron chi connectivity index (χ2n) is 9.45. The first kappa shape index (κ1) is 23.2. The van der Waals surface area contributed by atoms with E-state index in [4.69, 9.17) is 9.47 Å². The standard InChI is InChI=1S/C27H33FO3/c1-6-18(2)26(29)31-17-24-21(15-19-7-11-22(12-8-19)27(3,4)5)16-30-25(24)20-9-13-23(28)14-10-20/h6-14,21,24-25H,15-17H2,1-5H3/b18-6+/t21-,24-,25+/m0/s1. The van der Waals surface area contributed by atoms with Gasteiger partial charge in [0, 0.05) is 11.5 Å². The molecule has 0 saturated carbocycles. The zero-order chi connectivity index (χ0) is 22.6. The highest BCUT2D eigenvalue weighted by Gasteiger charge is 2.39. The SMILES string of the molecule is C/C=C(\C)C(=O)OC[C@H]1[C@@H](Cc2ccc(C(C)(C)C)cc2)CO[C@@H]1c1ccc(F)cc1. The minimum atomic E-state index is -0.305. The molecular weight excluding hydrogens is 391 g/mol. The van der Waals surface area contributed by atoms with Crippen LogP contribution in [0.25, 0.3) is 0 Å². The molecule has 1 saturated heterocycles. The molecule has 0 bridgehead atoms. The Morgan fingerprint density at radius 2 is 1.77 bits per heavy atom. The number of carbonyl (C=O) groups excluding carboxylic acids is 1. The zero-order valence-corrected chi connectivity index (χ0v) is 19.2. The van der Waals surface area contributed by atoms with E-state index in [1.54, 1.807) is 25.1 Å². The van der Waals surface area contributed by atoms with Crippen molar-refractivity contribution in [2.45, 2.75) is 52.6 Å².